The molecular weight excluding hydrogens is 330 g/mol. The summed E-state index contributed by atoms with van der Waals surface area (Å²) in [6.07, 6.45) is 5.46. The van der Waals surface area contributed by atoms with Gasteiger partial charge in [0, 0.05) is 6.54 Å². The van der Waals surface area contributed by atoms with Crippen LogP contribution in [0.3, 0.4) is 0 Å². The molecule has 1 heterocycles. The van der Waals surface area contributed by atoms with Gasteiger partial charge in [0.25, 0.3) is 0 Å². The Hall–Kier alpha value is -1.43. The lowest BCUT2D eigenvalue weighted by atomic mass is 9.77. The zero-order valence-electron chi connectivity index (χ0n) is 15.9. The van der Waals surface area contributed by atoms with Crippen molar-refractivity contribution in [2.45, 2.75) is 50.4 Å². The van der Waals surface area contributed by atoms with E-state index in [4.69, 9.17) is 14.2 Å². The first-order chi connectivity index (χ1) is 12.6. The fourth-order valence-electron chi connectivity index (χ4n) is 3.98. The molecule has 2 aliphatic rings. The molecule has 1 aromatic carbocycles. The molecule has 1 aromatic rings. The van der Waals surface area contributed by atoms with E-state index in [1.54, 1.807) is 0 Å². The van der Waals surface area contributed by atoms with Gasteiger partial charge in [0.2, 0.25) is 0 Å². The van der Waals surface area contributed by atoms with Gasteiger partial charge in [-0.1, -0.05) is 49.6 Å². The van der Waals surface area contributed by atoms with E-state index in [2.05, 4.69) is 0 Å². The first-order valence-corrected chi connectivity index (χ1v) is 9.77. The molecule has 1 aliphatic carbocycles. The number of carbonyl (C=O) groups is 1. The van der Waals surface area contributed by atoms with Crippen molar-refractivity contribution in [1.29, 1.82) is 0 Å². The number of ether oxygens (including phenoxy) is 3. The first-order valence-electron chi connectivity index (χ1n) is 9.77. The van der Waals surface area contributed by atoms with Gasteiger partial charge in [-0.2, -0.15) is 0 Å². The summed E-state index contributed by atoms with van der Waals surface area (Å²) in [5.41, 5.74) is 1.07. The Labute approximate surface area is 156 Å². The van der Waals surface area contributed by atoms with Gasteiger partial charge in [0.1, 0.15) is 12.7 Å². The van der Waals surface area contributed by atoms with Crippen molar-refractivity contribution < 1.29 is 19.0 Å². The number of likely N-dealkylation sites (N-methyl/N-ethyl adjacent to an activating group) is 1. The Kier molecular flexibility index (Phi) is 7.06. The molecule has 1 saturated heterocycles. The van der Waals surface area contributed by atoms with Crippen LogP contribution in [0.1, 0.15) is 43.6 Å². The van der Waals surface area contributed by atoms with Crippen molar-refractivity contribution in [2.75, 3.05) is 33.9 Å². The lowest BCUT2D eigenvalue weighted by molar-refractivity contribution is -0.152. The van der Waals surface area contributed by atoms with Crippen LogP contribution in [0.5, 0.6) is 0 Å². The Morgan fingerprint density at radius 2 is 1.92 bits per heavy atom. The highest BCUT2D eigenvalue weighted by Gasteiger charge is 2.34. The lowest BCUT2D eigenvalue weighted by Crippen LogP contribution is -2.30. The summed E-state index contributed by atoms with van der Waals surface area (Å²) in [6.45, 7) is 1.45. The minimum absolute atomic E-state index is 0.122. The van der Waals surface area contributed by atoms with Crippen molar-refractivity contribution in [3.8, 4) is 0 Å². The Balaban J connectivity index is 1.57. The van der Waals surface area contributed by atoms with Crippen LogP contribution >= 0.6 is 0 Å². The van der Waals surface area contributed by atoms with Crippen LogP contribution in [-0.4, -0.2) is 57.1 Å². The molecule has 3 atom stereocenters. The number of carbonyl (C=O) groups excluding carboxylic acids is 1. The highest BCUT2D eigenvalue weighted by molar-refractivity contribution is 5.78. The predicted molar refractivity (Wildman–Crippen MR) is 99.9 cm³/mol. The quantitative estimate of drug-likeness (QED) is 0.698. The Morgan fingerprint density at radius 1 is 1.19 bits per heavy atom. The van der Waals surface area contributed by atoms with E-state index < -0.39 is 0 Å². The maximum absolute atomic E-state index is 12.9. The van der Waals surface area contributed by atoms with E-state index >= 15 is 0 Å². The number of rotatable bonds is 7. The molecule has 3 rings (SSSR count). The van der Waals surface area contributed by atoms with Crippen LogP contribution in [0, 0.1) is 5.92 Å². The van der Waals surface area contributed by atoms with Crippen LogP contribution in [0.25, 0.3) is 0 Å². The standard InChI is InChI=1S/C21H31NO4/c1-22(2)13-19-24-14-18(26-19)15-25-21(23)20(16-9-5-3-6-10-16)17-11-7-4-8-12-17/h3,5-6,9-10,17-20H,4,7-8,11-15H2,1-2H3. The molecule has 0 aromatic heterocycles. The zero-order chi connectivity index (χ0) is 18.4. The van der Waals surface area contributed by atoms with Gasteiger partial charge in [0.05, 0.1) is 12.5 Å². The smallest absolute Gasteiger partial charge is 0.313 e. The summed E-state index contributed by atoms with van der Waals surface area (Å²) in [5.74, 6) is 0.0834. The summed E-state index contributed by atoms with van der Waals surface area (Å²) in [6, 6.07) is 10.1. The molecule has 0 bridgehead atoms. The molecule has 0 N–H and O–H groups in total. The number of hydrogen-bond donors (Lipinski definition) is 0. The third-order valence-corrected chi connectivity index (χ3v) is 5.27. The van der Waals surface area contributed by atoms with Crippen LogP contribution in [0.2, 0.25) is 0 Å². The van der Waals surface area contributed by atoms with E-state index in [0.29, 0.717) is 19.1 Å². The highest BCUT2D eigenvalue weighted by Crippen LogP contribution is 2.37. The average molecular weight is 361 g/mol. The molecule has 3 unspecified atom stereocenters. The molecule has 26 heavy (non-hydrogen) atoms. The van der Waals surface area contributed by atoms with Crippen LogP contribution in [0.15, 0.2) is 30.3 Å². The van der Waals surface area contributed by atoms with Gasteiger partial charge in [-0.05, 0) is 38.4 Å². The maximum atomic E-state index is 12.9. The molecule has 1 aliphatic heterocycles. The van der Waals surface area contributed by atoms with Gasteiger partial charge >= 0.3 is 5.97 Å². The van der Waals surface area contributed by atoms with E-state index in [1.165, 1.54) is 19.3 Å². The van der Waals surface area contributed by atoms with Crippen molar-refractivity contribution >= 4 is 5.97 Å². The number of nitrogens with zero attached hydrogens (tertiary/aromatic N) is 1. The van der Waals surface area contributed by atoms with Crippen molar-refractivity contribution in [2.24, 2.45) is 5.92 Å². The second kappa shape index (κ2) is 9.49. The van der Waals surface area contributed by atoms with Gasteiger partial charge in [-0.3, -0.25) is 4.79 Å². The Bertz CT molecular complexity index is 556. The normalized spacial score (nSPS) is 25.3. The highest BCUT2D eigenvalue weighted by atomic mass is 16.7. The largest absolute Gasteiger partial charge is 0.462 e. The minimum Gasteiger partial charge on any atom is -0.462 e. The molecule has 5 heteroatoms. The van der Waals surface area contributed by atoms with E-state index in [1.807, 2.05) is 49.3 Å². The number of hydrogen-bond acceptors (Lipinski definition) is 5. The summed E-state index contributed by atoms with van der Waals surface area (Å²) in [5, 5.41) is 0. The maximum Gasteiger partial charge on any atom is 0.313 e. The van der Waals surface area contributed by atoms with Crippen LogP contribution in [0.4, 0.5) is 0 Å². The molecule has 1 saturated carbocycles. The van der Waals surface area contributed by atoms with E-state index in [9.17, 15) is 4.79 Å². The predicted octanol–water partition coefficient (Wildman–Crippen LogP) is 3.20. The minimum atomic E-state index is -0.239. The first kappa shape index (κ1) is 19.3. The second-order valence-electron chi connectivity index (χ2n) is 7.70. The van der Waals surface area contributed by atoms with Crippen LogP contribution < -0.4 is 0 Å². The summed E-state index contributed by atoms with van der Waals surface area (Å²) in [7, 11) is 3.96. The molecule has 0 amide bonds. The van der Waals surface area contributed by atoms with E-state index in [0.717, 1.165) is 18.4 Å². The van der Waals surface area contributed by atoms with Gasteiger partial charge in [-0.25, -0.2) is 0 Å². The lowest BCUT2D eigenvalue weighted by Gasteiger charge is -2.29. The molecule has 144 valence electrons. The van der Waals surface area contributed by atoms with Gasteiger partial charge in [-0.15, -0.1) is 0 Å². The second-order valence-corrected chi connectivity index (χ2v) is 7.70. The van der Waals surface area contributed by atoms with Crippen molar-refractivity contribution in [1.82, 2.24) is 4.90 Å². The number of benzene rings is 1. The fourth-order valence-corrected chi connectivity index (χ4v) is 3.98. The average Bonchev–Trinajstić information content (AvgIpc) is 3.09. The molecule has 2 fully saturated rings. The summed E-state index contributed by atoms with van der Waals surface area (Å²) in [4.78, 5) is 15.0. The zero-order valence-corrected chi connectivity index (χ0v) is 15.9. The monoisotopic (exact) mass is 361 g/mol. The third kappa shape index (κ3) is 5.29. The van der Waals surface area contributed by atoms with Gasteiger partial charge < -0.3 is 19.1 Å². The molecule has 5 nitrogen and oxygen atoms in total. The molecule has 0 spiro atoms. The van der Waals surface area contributed by atoms with E-state index in [-0.39, 0.29) is 30.9 Å². The summed E-state index contributed by atoms with van der Waals surface area (Å²) >= 11 is 0. The van der Waals surface area contributed by atoms with Crippen LogP contribution in [-0.2, 0) is 19.0 Å². The molecular formula is C21H31NO4. The summed E-state index contributed by atoms with van der Waals surface area (Å²) < 4.78 is 17.1. The Morgan fingerprint density at radius 3 is 2.62 bits per heavy atom. The van der Waals surface area contributed by atoms with Gasteiger partial charge in [0.15, 0.2) is 6.29 Å². The number of esters is 1. The fraction of sp³-hybridized carbons (Fsp3) is 0.667. The molecule has 0 radical (unpaired) electrons. The van der Waals surface area contributed by atoms with Crippen molar-refractivity contribution in [3.05, 3.63) is 35.9 Å². The third-order valence-electron chi connectivity index (χ3n) is 5.27. The SMILES string of the molecule is CN(C)CC1OCC(COC(=O)C(c2ccccc2)C2CCCCC2)O1. The van der Waals surface area contributed by atoms with Crippen molar-refractivity contribution in [3.63, 3.8) is 0 Å². The topological polar surface area (TPSA) is 48.0 Å².